The molecule has 0 amide bonds. The molecule has 2 heterocycles. The fourth-order valence-electron chi connectivity index (χ4n) is 1.71. The highest BCUT2D eigenvalue weighted by atomic mass is 35.5. The molecule has 0 unspecified atom stereocenters. The molecule has 0 aliphatic carbocycles. The first-order valence-electron chi connectivity index (χ1n) is 5.79. The van der Waals surface area contributed by atoms with Crippen molar-refractivity contribution in [2.75, 3.05) is 18.5 Å². The van der Waals surface area contributed by atoms with E-state index in [0.717, 1.165) is 23.1 Å². The van der Waals surface area contributed by atoms with Gasteiger partial charge in [-0.1, -0.05) is 17.7 Å². The van der Waals surface area contributed by atoms with Gasteiger partial charge in [0.25, 0.3) is 0 Å². The molecule has 0 aliphatic rings. The number of hydrogen-bond acceptors (Lipinski definition) is 4. The monoisotopic (exact) mass is 281 g/mol. The Bertz CT molecular complexity index is 495. The molecule has 2 aromatic heterocycles. The molecule has 0 radical (unpaired) electrons. The SMILES string of the molecule is CN(Cc1ccc(Cl)s1)c1ccc(CCN)cn1. The Morgan fingerprint density at radius 3 is 2.72 bits per heavy atom. The molecule has 3 nitrogen and oxygen atoms in total. The Kier molecular flexibility index (Phi) is 4.58. The maximum Gasteiger partial charge on any atom is 0.128 e. The Morgan fingerprint density at radius 1 is 1.33 bits per heavy atom. The fourth-order valence-corrected chi connectivity index (χ4v) is 2.85. The van der Waals surface area contributed by atoms with Crippen LogP contribution in [0.15, 0.2) is 30.5 Å². The van der Waals surface area contributed by atoms with Crippen molar-refractivity contribution in [3.8, 4) is 0 Å². The van der Waals surface area contributed by atoms with Crippen LogP contribution in [0.1, 0.15) is 10.4 Å². The molecule has 0 saturated carbocycles. The van der Waals surface area contributed by atoms with Gasteiger partial charge >= 0.3 is 0 Å². The molecule has 0 atom stereocenters. The summed E-state index contributed by atoms with van der Waals surface area (Å²) in [5.41, 5.74) is 6.69. The molecule has 96 valence electrons. The third-order valence-corrected chi connectivity index (χ3v) is 3.87. The number of rotatable bonds is 5. The predicted molar refractivity (Wildman–Crippen MR) is 78.4 cm³/mol. The summed E-state index contributed by atoms with van der Waals surface area (Å²) >= 11 is 7.52. The number of pyridine rings is 1. The average Bonchev–Trinajstić information content (AvgIpc) is 2.76. The van der Waals surface area contributed by atoms with Gasteiger partial charge in [-0.25, -0.2) is 4.98 Å². The predicted octanol–water partition coefficient (Wildman–Crippen LogP) is 2.93. The van der Waals surface area contributed by atoms with Crippen molar-refractivity contribution in [3.05, 3.63) is 45.2 Å². The number of anilines is 1. The molecule has 18 heavy (non-hydrogen) atoms. The van der Waals surface area contributed by atoms with Gasteiger partial charge in [0.2, 0.25) is 0 Å². The van der Waals surface area contributed by atoms with Crippen LogP contribution < -0.4 is 10.6 Å². The van der Waals surface area contributed by atoms with Crippen LogP contribution in [0.3, 0.4) is 0 Å². The lowest BCUT2D eigenvalue weighted by Crippen LogP contribution is -2.17. The quantitative estimate of drug-likeness (QED) is 0.916. The van der Waals surface area contributed by atoms with Crippen LogP contribution in [-0.4, -0.2) is 18.6 Å². The van der Waals surface area contributed by atoms with E-state index >= 15 is 0 Å². The van der Waals surface area contributed by atoms with Crippen LogP contribution in [0.25, 0.3) is 0 Å². The van der Waals surface area contributed by atoms with Crippen LogP contribution in [0, 0.1) is 0 Å². The smallest absolute Gasteiger partial charge is 0.128 e. The zero-order valence-electron chi connectivity index (χ0n) is 10.3. The minimum atomic E-state index is 0.657. The Hall–Kier alpha value is -1.10. The third kappa shape index (κ3) is 3.45. The summed E-state index contributed by atoms with van der Waals surface area (Å²) in [5, 5.41) is 0. The highest BCUT2D eigenvalue weighted by Crippen LogP contribution is 2.23. The van der Waals surface area contributed by atoms with E-state index in [1.54, 1.807) is 11.3 Å². The topological polar surface area (TPSA) is 42.1 Å². The van der Waals surface area contributed by atoms with Gasteiger partial charge in [-0.2, -0.15) is 0 Å². The second-order valence-electron chi connectivity index (χ2n) is 4.13. The maximum atomic E-state index is 5.92. The van der Waals surface area contributed by atoms with E-state index in [0.29, 0.717) is 6.54 Å². The summed E-state index contributed by atoms with van der Waals surface area (Å²) in [6.07, 6.45) is 2.76. The van der Waals surface area contributed by atoms with Crippen LogP contribution >= 0.6 is 22.9 Å². The number of nitrogens with two attached hydrogens (primary N) is 1. The molecule has 0 saturated heterocycles. The van der Waals surface area contributed by atoms with E-state index in [1.807, 2.05) is 31.4 Å². The molecular weight excluding hydrogens is 266 g/mol. The molecule has 0 fully saturated rings. The van der Waals surface area contributed by atoms with Gasteiger partial charge in [-0.05, 0) is 36.7 Å². The van der Waals surface area contributed by atoms with Crippen molar-refractivity contribution in [2.24, 2.45) is 5.73 Å². The molecule has 2 rings (SSSR count). The molecule has 0 aliphatic heterocycles. The number of aromatic nitrogens is 1. The average molecular weight is 282 g/mol. The lowest BCUT2D eigenvalue weighted by molar-refractivity contribution is 0.901. The van der Waals surface area contributed by atoms with Crippen molar-refractivity contribution < 1.29 is 0 Å². The lowest BCUT2D eigenvalue weighted by atomic mass is 10.2. The van der Waals surface area contributed by atoms with Gasteiger partial charge in [0.1, 0.15) is 5.82 Å². The van der Waals surface area contributed by atoms with Crippen molar-refractivity contribution in [1.82, 2.24) is 4.98 Å². The van der Waals surface area contributed by atoms with Crippen molar-refractivity contribution >= 4 is 28.8 Å². The Balaban J connectivity index is 2.02. The van der Waals surface area contributed by atoms with Gasteiger partial charge in [0.05, 0.1) is 10.9 Å². The summed E-state index contributed by atoms with van der Waals surface area (Å²) in [4.78, 5) is 7.78. The third-order valence-electron chi connectivity index (χ3n) is 2.66. The van der Waals surface area contributed by atoms with E-state index in [9.17, 15) is 0 Å². The van der Waals surface area contributed by atoms with Gasteiger partial charge in [0.15, 0.2) is 0 Å². The summed E-state index contributed by atoms with van der Waals surface area (Å²) in [6, 6.07) is 8.08. The van der Waals surface area contributed by atoms with Crippen LogP contribution in [0.5, 0.6) is 0 Å². The Labute approximate surface area is 116 Å². The van der Waals surface area contributed by atoms with Crippen LogP contribution in [-0.2, 0) is 13.0 Å². The molecule has 2 aromatic rings. The van der Waals surface area contributed by atoms with Crippen LogP contribution in [0.2, 0.25) is 4.34 Å². The van der Waals surface area contributed by atoms with E-state index in [4.69, 9.17) is 17.3 Å². The number of hydrogen-bond donors (Lipinski definition) is 1. The highest BCUT2D eigenvalue weighted by molar-refractivity contribution is 7.16. The summed E-state index contributed by atoms with van der Waals surface area (Å²) < 4.78 is 0.824. The summed E-state index contributed by atoms with van der Waals surface area (Å²) in [7, 11) is 2.03. The zero-order chi connectivity index (χ0) is 13.0. The van der Waals surface area contributed by atoms with Crippen molar-refractivity contribution in [3.63, 3.8) is 0 Å². The molecule has 5 heteroatoms. The van der Waals surface area contributed by atoms with E-state index in [1.165, 1.54) is 10.4 Å². The van der Waals surface area contributed by atoms with Crippen molar-refractivity contribution in [2.45, 2.75) is 13.0 Å². The fraction of sp³-hybridized carbons (Fsp3) is 0.308. The van der Waals surface area contributed by atoms with Gasteiger partial charge in [0, 0.05) is 18.1 Å². The van der Waals surface area contributed by atoms with E-state index in [-0.39, 0.29) is 0 Å². The standard InChI is InChI=1S/C13H16ClN3S/c1-17(9-11-3-4-12(14)18-11)13-5-2-10(6-7-15)8-16-13/h2-5,8H,6-7,9,15H2,1H3. The Morgan fingerprint density at radius 2 is 2.17 bits per heavy atom. The zero-order valence-corrected chi connectivity index (χ0v) is 11.8. The second kappa shape index (κ2) is 6.18. The maximum absolute atomic E-state index is 5.92. The lowest BCUT2D eigenvalue weighted by Gasteiger charge is -2.17. The first-order chi connectivity index (χ1) is 8.69. The molecule has 0 aromatic carbocycles. The van der Waals surface area contributed by atoms with Gasteiger partial charge in [-0.3, -0.25) is 0 Å². The summed E-state index contributed by atoms with van der Waals surface area (Å²) in [5.74, 6) is 0.959. The minimum Gasteiger partial charge on any atom is -0.355 e. The van der Waals surface area contributed by atoms with Crippen LogP contribution in [0.4, 0.5) is 5.82 Å². The van der Waals surface area contributed by atoms with E-state index < -0.39 is 0 Å². The van der Waals surface area contributed by atoms with Crippen molar-refractivity contribution in [1.29, 1.82) is 0 Å². The first-order valence-corrected chi connectivity index (χ1v) is 6.99. The highest BCUT2D eigenvalue weighted by Gasteiger charge is 2.05. The summed E-state index contributed by atoms with van der Waals surface area (Å²) in [6.45, 7) is 1.48. The normalized spacial score (nSPS) is 10.6. The van der Waals surface area contributed by atoms with Gasteiger partial charge in [-0.15, -0.1) is 11.3 Å². The molecule has 2 N–H and O–H groups in total. The van der Waals surface area contributed by atoms with E-state index in [2.05, 4.69) is 16.0 Å². The minimum absolute atomic E-state index is 0.657. The van der Waals surface area contributed by atoms with Gasteiger partial charge < -0.3 is 10.6 Å². The molecular formula is C13H16ClN3S. The number of nitrogens with zero attached hydrogens (tertiary/aromatic N) is 2. The first kappa shape index (κ1) is 13.3. The second-order valence-corrected chi connectivity index (χ2v) is 5.92. The number of thiophene rings is 1. The molecule has 0 spiro atoms. The largest absolute Gasteiger partial charge is 0.355 e. The molecule has 0 bridgehead atoms. The number of halogens is 1.